The van der Waals surface area contributed by atoms with E-state index in [4.69, 9.17) is 5.73 Å². The van der Waals surface area contributed by atoms with E-state index < -0.39 is 11.9 Å². The Morgan fingerprint density at radius 3 is 2.47 bits per heavy atom. The van der Waals surface area contributed by atoms with Crippen molar-refractivity contribution in [3.63, 3.8) is 0 Å². The van der Waals surface area contributed by atoms with E-state index in [1.807, 2.05) is 30.3 Å². The van der Waals surface area contributed by atoms with E-state index in [0.29, 0.717) is 0 Å². The topological polar surface area (TPSA) is 46.2 Å². The Hall–Kier alpha value is -1.23. The van der Waals surface area contributed by atoms with Gasteiger partial charge in [0.25, 0.3) is 0 Å². The molecule has 0 fully saturated rings. The molecule has 0 spiro atoms. The number of rotatable bonds is 4. The highest BCUT2D eigenvalue weighted by atomic mass is 79.9. The van der Waals surface area contributed by atoms with Gasteiger partial charge in [-0.25, -0.2) is 4.39 Å². The van der Waals surface area contributed by atoms with Gasteiger partial charge in [-0.3, -0.25) is 0 Å². The zero-order chi connectivity index (χ0) is 13.8. The maximum absolute atomic E-state index is 13.8. The van der Waals surface area contributed by atoms with Crippen molar-refractivity contribution < 1.29 is 9.50 Å². The molecular weight excluding hydrogens is 309 g/mol. The zero-order valence-corrected chi connectivity index (χ0v) is 11.8. The maximum Gasteiger partial charge on any atom is 0.129 e. The van der Waals surface area contributed by atoms with Crippen molar-refractivity contribution in [2.24, 2.45) is 5.73 Å². The number of benzene rings is 2. The van der Waals surface area contributed by atoms with Gasteiger partial charge in [0.15, 0.2) is 0 Å². The van der Waals surface area contributed by atoms with Crippen LogP contribution in [0.5, 0.6) is 0 Å². The molecule has 0 saturated heterocycles. The van der Waals surface area contributed by atoms with Gasteiger partial charge >= 0.3 is 0 Å². The molecule has 2 nitrogen and oxygen atoms in total. The van der Waals surface area contributed by atoms with Crippen molar-refractivity contribution in [3.05, 3.63) is 69.9 Å². The summed E-state index contributed by atoms with van der Waals surface area (Å²) in [4.78, 5) is 0. The summed E-state index contributed by atoms with van der Waals surface area (Å²) in [5.74, 6) is -0.755. The minimum atomic E-state index is -0.968. The first-order valence-corrected chi connectivity index (χ1v) is 6.81. The SMILES string of the molecule is NCC(c1ccccc1)C(O)c1cc(Br)ccc1F. The third kappa shape index (κ3) is 3.21. The summed E-state index contributed by atoms with van der Waals surface area (Å²) < 4.78 is 14.5. The predicted molar refractivity (Wildman–Crippen MR) is 77.3 cm³/mol. The van der Waals surface area contributed by atoms with Gasteiger partial charge in [-0.05, 0) is 23.8 Å². The third-order valence-electron chi connectivity index (χ3n) is 3.14. The molecule has 4 heteroatoms. The molecule has 0 heterocycles. The number of hydrogen-bond acceptors (Lipinski definition) is 2. The fourth-order valence-corrected chi connectivity index (χ4v) is 2.48. The smallest absolute Gasteiger partial charge is 0.129 e. The summed E-state index contributed by atoms with van der Waals surface area (Å²) in [6.07, 6.45) is -0.968. The largest absolute Gasteiger partial charge is 0.388 e. The van der Waals surface area contributed by atoms with E-state index in [0.717, 1.165) is 10.0 Å². The van der Waals surface area contributed by atoms with Gasteiger partial charge in [0.1, 0.15) is 5.82 Å². The van der Waals surface area contributed by atoms with Crippen LogP contribution in [-0.4, -0.2) is 11.7 Å². The molecule has 0 amide bonds. The molecule has 0 aliphatic rings. The monoisotopic (exact) mass is 323 g/mol. The highest BCUT2D eigenvalue weighted by Gasteiger charge is 2.24. The summed E-state index contributed by atoms with van der Waals surface area (Å²) in [5.41, 5.74) is 6.89. The average Bonchev–Trinajstić information content (AvgIpc) is 2.43. The number of aliphatic hydroxyl groups excluding tert-OH is 1. The first kappa shape index (κ1) is 14.2. The van der Waals surface area contributed by atoms with Crippen LogP contribution >= 0.6 is 15.9 Å². The summed E-state index contributed by atoms with van der Waals surface area (Å²) in [7, 11) is 0. The highest BCUT2D eigenvalue weighted by Crippen LogP contribution is 2.32. The second-order valence-electron chi connectivity index (χ2n) is 4.36. The van der Waals surface area contributed by atoms with Crippen LogP contribution in [0.15, 0.2) is 53.0 Å². The van der Waals surface area contributed by atoms with E-state index >= 15 is 0 Å². The fourth-order valence-electron chi connectivity index (χ4n) is 2.11. The van der Waals surface area contributed by atoms with Gasteiger partial charge in [0.05, 0.1) is 6.10 Å². The summed E-state index contributed by atoms with van der Waals surface area (Å²) >= 11 is 3.28. The average molecular weight is 324 g/mol. The minimum absolute atomic E-state index is 0.247. The molecule has 0 aliphatic heterocycles. The Kier molecular flexibility index (Phi) is 4.69. The number of aliphatic hydroxyl groups is 1. The van der Waals surface area contributed by atoms with Crippen LogP contribution < -0.4 is 5.73 Å². The second kappa shape index (κ2) is 6.28. The Bertz CT molecular complexity index is 547. The number of hydrogen-bond donors (Lipinski definition) is 2. The van der Waals surface area contributed by atoms with E-state index in [2.05, 4.69) is 15.9 Å². The molecule has 2 aromatic rings. The van der Waals surface area contributed by atoms with Gasteiger partial charge in [-0.2, -0.15) is 0 Å². The van der Waals surface area contributed by atoms with Gasteiger partial charge < -0.3 is 10.8 Å². The molecule has 2 unspecified atom stereocenters. The Balaban J connectivity index is 2.36. The fraction of sp³-hybridized carbons (Fsp3) is 0.200. The van der Waals surface area contributed by atoms with Crippen LogP contribution in [0.4, 0.5) is 4.39 Å². The molecule has 0 radical (unpaired) electrons. The molecule has 100 valence electrons. The second-order valence-corrected chi connectivity index (χ2v) is 5.28. The lowest BCUT2D eigenvalue weighted by atomic mass is 9.89. The molecule has 2 atom stereocenters. The summed E-state index contributed by atoms with van der Waals surface area (Å²) in [6.45, 7) is 0.247. The van der Waals surface area contributed by atoms with Crippen molar-refractivity contribution in [2.75, 3.05) is 6.54 Å². The predicted octanol–water partition coefficient (Wildman–Crippen LogP) is 3.36. The van der Waals surface area contributed by atoms with Crippen LogP contribution in [0, 0.1) is 5.82 Å². The first-order chi connectivity index (χ1) is 9.13. The molecule has 3 N–H and O–H groups in total. The summed E-state index contributed by atoms with van der Waals surface area (Å²) in [6, 6.07) is 13.9. The van der Waals surface area contributed by atoms with E-state index in [1.54, 1.807) is 12.1 Å². The molecule has 2 rings (SSSR count). The van der Waals surface area contributed by atoms with Gasteiger partial charge in [-0.15, -0.1) is 0 Å². The molecule has 0 bridgehead atoms. The van der Waals surface area contributed by atoms with Crippen molar-refractivity contribution >= 4 is 15.9 Å². The molecular formula is C15H15BrFNO. The lowest BCUT2D eigenvalue weighted by molar-refractivity contribution is 0.143. The standard InChI is InChI=1S/C15H15BrFNO/c16-11-6-7-14(17)12(8-11)15(19)13(9-18)10-4-2-1-3-5-10/h1-8,13,15,19H,9,18H2. The van der Waals surface area contributed by atoms with Crippen LogP contribution in [-0.2, 0) is 0 Å². The molecule has 2 aromatic carbocycles. The zero-order valence-electron chi connectivity index (χ0n) is 10.3. The van der Waals surface area contributed by atoms with Crippen LogP contribution in [0.2, 0.25) is 0 Å². The quantitative estimate of drug-likeness (QED) is 0.906. The number of nitrogens with two attached hydrogens (primary N) is 1. The van der Waals surface area contributed by atoms with Crippen molar-refractivity contribution in [3.8, 4) is 0 Å². The lowest BCUT2D eigenvalue weighted by Gasteiger charge is -2.22. The molecule has 0 aromatic heterocycles. The van der Waals surface area contributed by atoms with Crippen LogP contribution in [0.3, 0.4) is 0 Å². The van der Waals surface area contributed by atoms with E-state index in [-0.39, 0.29) is 18.0 Å². The molecule has 0 aliphatic carbocycles. The van der Waals surface area contributed by atoms with E-state index in [1.165, 1.54) is 6.07 Å². The van der Waals surface area contributed by atoms with E-state index in [9.17, 15) is 9.50 Å². The first-order valence-electron chi connectivity index (χ1n) is 6.01. The highest BCUT2D eigenvalue weighted by molar-refractivity contribution is 9.10. The van der Waals surface area contributed by atoms with Crippen molar-refractivity contribution in [2.45, 2.75) is 12.0 Å². The lowest BCUT2D eigenvalue weighted by Crippen LogP contribution is -2.21. The normalized spacial score (nSPS) is 14.1. The molecule has 19 heavy (non-hydrogen) atoms. The molecule has 0 saturated carbocycles. The Morgan fingerprint density at radius 2 is 1.84 bits per heavy atom. The van der Waals surface area contributed by atoms with Gasteiger partial charge in [0.2, 0.25) is 0 Å². The third-order valence-corrected chi connectivity index (χ3v) is 3.63. The van der Waals surface area contributed by atoms with Crippen molar-refractivity contribution in [1.82, 2.24) is 0 Å². The number of halogens is 2. The Morgan fingerprint density at radius 1 is 1.16 bits per heavy atom. The van der Waals surface area contributed by atoms with Gasteiger partial charge in [-0.1, -0.05) is 46.3 Å². The van der Waals surface area contributed by atoms with Crippen LogP contribution in [0.1, 0.15) is 23.1 Å². The van der Waals surface area contributed by atoms with Gasteiger partial charge in [0, 0.05) is 22.5 Å². The minimum Gasteiger partial charge on any atom is -0.388 e. The summed E-state index contributed by atoms with van der Waals surface area (Å²) in [5, 5.41) is 10.4. The van der Waals surface area contributed by atoms with Crippen LogP contribution in [0.25, 0.3) is 0 Å². The van der Waals surface area contributed by atoms with Crippen molar-refractivity contribution in [1.29, 1.82) is 0 Å². The Labute approximate surface area is 120 Å². The maximum atomic E-state index is 13.8.